The summed E-state index contributed by atoms with van der Waals surface area (Å²) in [6, 6.07) is 22.1. The number of hydrogen-bond donors (Lipinski definition) is 1. The van der Waals surface area contributed by atoms with Crippen LogP contribution in [-0.4, -0.2) is 83.5 Å². The first-order valence-electron chi connectivity index (χ1n) is 15.3. The molecule has 3 heterocycles. The Kier molecular flexibility index (Phi) is 8.79. The summed E-state index contributed by atoms with van der Waals surface area (Å²) in [6.07, 6.45) is 5.77. The van der Waals surface area contributed by atoms with E-state index in [1.807, 2.05) is 36.4 Å². The van der Waals surface area contributed by atoms with Crippen LogP contribution in [0.15, 0.2) is 96.1 Å². The number of aromatic nitrogens is 4. The predicted molar refractivity (Wildman–Crippen MR) is 181 cm³/mol. The number of carbonyl (C=O) groups excluding carboxylic acids is 1. The van der Waals surface area contributed by atoms with E-state index in [-0.39, 0.29) is 11.7 Å². The molecule has 6 rings (SSSR count). The Labute approximate surface area is 272 Å². The average Bonchev–Trinajstić information content (AvgIpc) is 3.73. The van der Waals surface area contributed by atoms with Gasteiger partial charge in [-0.05, 0) is 60.7 Å². The van der Waals surface area contributed by atoms with Crippen molar-refractivity contribution >= 4 is 28.6 Å². The summed E-state index contributed by atoms with van der Waals surface area (Å²) in [5.74, 6) is 1.69. The molecule has 0 aliphatic carbocycles. The van der Waals surface area contributed by atoms with Crippen LogP contribution in [0.25, 0.3) is 22.5 Å². The molecule has 5 aromatic rings. The van der Waals surface area contributed by atoms with Gasteiger partial charge in [-0.25, -0.2) is 19.3 Å². The molecule has 0 saturated carbocycles. The molecule has 0 spiro atoms. The van der Waals surface area contributed by atoms with Crippen molar-refractivity contribution in [3.63, 3.8) is 0 Å². The zero-order chi connectivity index (χ0) is 33.1. The molecule has 0 radical (unpaired) electrons. The normalized spacial score (nSPS) is 14.9. The summed E-state index contributed by atoms with van der Waals surface area (Å²) >= 11 is 0. The molecule has 0 bridgehead atoms. The fourth-order valence-corrected chi connectivity index (χ4v) is 5.76. The Hall–Kier alpha value is -5.46. The largest absolute Gasteiger partial charge is 0.495 e. The number of quaternary nitrogens is 1. The number of ether oxygens (including phenoxy) is 3. The average molecular weight is 637 g/mol. The fourth-order valence-electron chi connectivity index (χ4n) is 5.76. The molecular formula is C35H38N7O5+. The molecule has 2 aromatic heterocycles. The van der Waals surface area contributed by atoms with Crippen LogP contribution < -0.4 is 25.8 Å². The molecule has 242 valence electrons. The lowest BCUT2D eigenvalue weighted by atomic mass is 10.2. The molecule has 12 nitrogen and oxygen atoms in total. The third-order valence-corrected chi connectivity index (χ3v) is 8.57. The van der Waals surface area contributed by atoms with Gasteiger partial charge in [0.15, 0.2) is 11.5 Å². The lowest BCUT2D eigenvalue weighted by Crippen LogP contribution is -2.49. The third-order valence-electron chi connectivity index (χ3n) is 8.57. The van der Waals surface area contributed by atoms with E-state index in [1.165, 1.54) is 27.5 Å². The van der Waals surface area contributed by atoms with Crippen molar-refractivity contribution < 1.29 is 23.5 Å². The van der Waals surface area contributed by atoms with Crippen LogP contribution in [0.2, 0.25) is 0 Å². The number of carbonyl (C=O) groups is 1. The predicted octanol–water partition coefficient (Wildman–Crippen LogP) is 4.34. The van der Waals surface area contributed by atoms with Crippen molar-refractivity contribution in [1.29, 1.82) is 0 Å². The van der Waals surface area contributed by atoms with E-state index < -0.39 is 5.69 Å². The third kappa shape index (κ3) is 6.33. The molecule has 12 heteroatoms. The number of para-hydroxylation sites is 1. The van der Waals surface area contributed by atoms with Gasteiger partial charge in [0.05, 0.1) is 58.0 Å². The van der Waals surface area contributed by atoms with E-state index in [0.29, 0.717) is 58.1 Å². The van der Waals surface area contributed by atoms with Crippen LogP contribution in [0, 0.1) is 0 Å². The molecule has 1 atom stereocenters. The van der Waals surface area contributed by atoms with Gasteiger partial charge in [-0.3, -0.25) is 9.36 Å². The maximum atomic E-state index is 14.2. The van der Waals surface area contributed by atoms with Crippen molar-refractivity contribution in [2.45, 2.75) is 12.5 Å². The van der Waals surface area contributed by atoms with Crippen LogP contribution in [0.3, 0.4) is 0 Å². The van der Waals surface area contributed by atoms with E-state index in [4.69, 9.17) is 19.9 Å². The summed E-state index contributed by atoms with van der Waals surface area (Å²) in [4.78, 5) is 37.6. The quantitative estimate of drug-likeness (QED) is 0.177. The molecule has 2 N–H and O–H groups in total. The summed E-state index contributed by atoms with van der Waals surface area (Å²) < 4.78 is 20.7. The van der Waals surface area contributed by atoms with Gasteiger partial charge in [0.25, 0.3) is 5.91 Å². The summed E-state index contributed by atoms with van der Waals surface area (Å²) in [6.45, 7) is 2.17. The van der Waals surface area contributed by atoms with Crippen molar-refractivity contribution in [3.8, 4) is 28.6 Å². The second-order valence-electron chi connectivity index (χ2n) is 11.9. The zero-order valence-electron chi connectivity index (χ0n) is 26.9. The van der Waals surface area contributed by atoms with Crippen LogP contribution in [0.1, 0.15) is 6.42 Å². The highest BCUT2D eigenvalue weighted by atomic mass is 16.5. The van der Waals surface area contributed by atoms with Crippen LogP contribution in [-0.2, 0) is 9.53 Å². The number of likely N-dealkylation sites (N-methyl/N-ethyl adjacent to an activating group) is 2. The van der Waals surface area contributed by atoms with Gasteiger partial charge >= 0.3 is 5.69 Å². The minimum atomic E-state index is -0.412. The SMILES string of the molecule is COc1ccc(-n2c(=O)n(-c3ccc(Oc4ccccc4)cc3)c3c(N)ncnc32)cc1N(C)C(=O)/C=C/C[N+](C)(C)C1CCOC1. The first-order chi connectivity index (χ1) is 22.7. The van der Waals surface area contributed by atoms with Gasteiger partial charge in [-0.2, -0.15) is 0 Å². The first kappa shape index (κ1) is 31.5. The number of imidazole rings is 1. The van der Waals surface area contributed by atoms with Crippen LogP contribution in [0.5, 0.6) is 17.2 Å². The molecule has 1 fully saturated rings. The number of anilines is 2. The molecule has 1 aliphatic heterocycles. The van der Waals surface area contributed by atoms with E-state index in [1.54, 1.807) is 55.6 Å². The monoisotopic (exact) mass is 636 g/mol. The highest BCUT2D eigenvalue weighted by Crippen LogP contribution is 2.32. The van der Waals surface area contributed by atoms with E-state index in [0.717, 1.165) is 24.1 Å². The summed E-state index contributed by atoms with van der Waals surface area (Å²) in [5, 5.41) is 0. The van der Waals surface area contributed by atoms with Crippen molar-refractivity contribution in [3.05, 3.63) is 102 Å². The molecule has 1 unspecified atom stereocenters. The number of benzene rings is 3. The standard InChI is InChI=1S/C35H38N7O5/c1-39(31(43)11-8-19-42(2,3)26-18-20-46-22-26)29-21-25(14-17-30(29)45-4)41-34-32(33(36)37-23-38-34)40(35(41)44)24-12-15-28(16-13-24)47-27-9-6-5-7-10-27/h5-17,21,23,26H,18-20,22H2,1-4H3,(H2,36,37,38)/q+1/b11-8+. The van der Waals surface area contributed by atoms with E-state index in [9.17, 15) is 9.59 Å². The van der Waals surface area contributed by atoms with Gasteiger partial charge in [-0.15, -0.1) is 0 Å². The van der Waals surface area contributed by atoms with Gasteiger partial charge in [0.1, 0.15) is 35.1 Å². The topological polar surface area (TPSA) is 127 Å². The molecule has 1 amide bonds. The Balaban J connectivity index is 1.33. The molecular weight excluding hydrogens is 598 g/mol. The lowest BCUT2D eigenvalue weighted by Gasteiger charge is -2.34. The Morgan fingerprint density at radius 1 is 1.04 bits per heavy atom. The molecule has 47 heavy (non-hydrogen) atoms. The number of rotatable bonds is 10. The summed E-state index contributed by atoms with van der Waals surface area (Å²) in [7, 11) is 7.49. The van der Waals surface area contributed by atoms with Gasteiger partial charge < -0.3 is 29.3 Å². The maximum absolute atomic E-state index is 14.2. The highest BCUT2D eigenvalue weighted by molar-refractivity contribution is 6.02. The first-order valence-corrected chi connectivity index (χ1v) is 15.3. The highest BCUT2D eigenvalue weighted by Gasteiger charge is 2.31. The Morgan fingerprint density at radius 3 is 2.47 bits per heavy atom. The van der Waals surface area contributed by atoms with Crippen LogP contribution >= 0.6 is 0 Å². The van der Waals surface area contributed by atoms with Gasteiger partial charge in [0.2, 0.25) is 0 Å². The Bertz CT molecular complexity index is 1980. The molecule has 3 aromatic carbocycles. The van der Waals surface area contributed by atoms with Gasteiger partial charge in [-0.1, -0.05) is 18.2 Å². The summed E-state index contributed by atoms with van der Waals surface area (Å²) in [5.41, 5.74) is 8.09. The van der Waals surface area contributed by atoms with Crippen LogP contribution in [0.4, 0.5) is 11.5 Å². The zero-order valence-corrected chi connectivity index (χ0v) is 26.9. The van der Waals surface area contributed by atoms with E-state index >= 15 is 0 Å². The van der Waals surface area contributed by atoms with Crippen molar-refractivity contribution in [1.82, 2.24) is 19.1 Å². The lowest BCUT2D eigenvalue weighted by molar-refractivity contribution is -0.907. The Morgan fingerprint density at radius 2 is 1.77 bits per heavy atom. The number of amides is 1. The minimum absolute atomic E-state index is 0.145. The number of nitrogen functional groups attached to an aromatic ring is 1. The van der Waals surface area contributed by atoms with E-state index in [2.05, 4.69) is 24.1 Å². The van der Waals surface area contributed by atoms with Crippen molar-refractivity contribution in [2.24, 2.45) is 0 Å². The maximum Gasteiger partial charge on any atom is 0.339 e. The molecule has 1 saturated heterocycles. The number of nitrogens with zero attached hydrogens (tertiary/aromatic N) is 6. The number of nitrogens with two attached hydrogens (primary N) is 1. The number of fused-ring (bicyclic) bond motifs is 1. The second kappa shape index (κ2) is 13.1. The fraction of sp³-hybridized carbons (Fsp3) is 0.257. The number of methoxy groups -OCH3 is 1. The van der Waals surface area contributed by atoms with Gasteiger partial charge in [0, 0.05) is 19.5 Å². The van der Waals surface area contributed by atoms with Crippen molar-refractivity contribution in [2.75, 3.05) is 58.6 Å². The smallest absolute Gasteiger partial charge is 0.339 e. The second-order valence-corrected chi connectivity index (χ2v) is 11.9. The minimum Gasteiger partial charge on any atom is -0.495 e. The number of hydrogen-bond acceptors (Lipinski definition) is 8. The molecule has 1 aliphatic rings.